The Bertz CT molecular complexity index is 616. The standard InChI is InChI=1S/C20H32N4O3.HI/c1-23(2)19(25)14-22-20(24(3)15-17-9-11-27-12-10-17)21-13-16-5-7-18(26-4)8-6-16;/h5-8,17H,9-15H2,1-4H3,(H,21,22);1H. The van der Waals surface area contributed by atoms with E-state index in [2.05, 4.69) is 10.2 Å². The molecule has 1 amide bonds. The van der Waals surface area contributed by atoms with Gasteiger partial charge in [-0.05, 0) is 36.5 Å². The summed E-state index contributed by atoms with van der Waals surface area (Å²) in [6, 6.07) is 7.87. The maximum absolute atomic E-state index is 12.0. The summed E-state index contributed by atoms with van der Waals surface area (Å²) in [7, 11) is 7.19. The molecule has 0 saturated carbocycles. The van der Waals surface area contributed by atoms with Crippen LogP contribution in [0.5, 0.6) is 5.75 Å². The van der Waals surface area contributed by atoms with Crippen molar-refractivity contribution >= 4 is 35.8 Å². The average molecular weight is 504 g/mol. The number of likely N-dealkylation sites (N-methyl/N-ethyl adjacent to an activating group) is 1. The lowest BCUT2D eigenvalue weighted by molar-refractivity contribution is -0.127. The number of benzene rings is 1. The summed E-state index contributed by atoms with van der Waals surface area (Å²) in [6.07, 6.45) is 2.12. The third kappa shape index (κ3) is 8.22. The highest BCUT2D eigenvalue weighted by molar-refractivity contribution is 14.0. The first kappa shape index (κ1) is 24.5. The number of guanidine groups is 1. The van der Waals surface area contributed by atoms with Gasteiger partial charge in [0.1, 0.15) is 5.75 Å². The predicted octanol–water partition coefficient (Wildman–Crippen LogP) is 2.21. The number of carbonyl (C=O) groups is 1. The van der Waals surface area contributed by atoms with Crippen molar-refractivity contribution in [2.24, 2.45) is 10.9 Å². The van der Waals surface area contributed by atoms with Crippen LogP contribution in [-0.4, -0.2) is 76.2 Å². The molecule has 0 atom stereocenters. The van der Waals surface area contributed by atoms with E-state index in [0.29, 0.717) is 12.5 Å². The van der Waals surface area contributed by atoms with Gasteiger partial charge >= 0.3 is 0 Å². The minimum Gasteiger partial charge on any atom is -0.497 e. The Morgan fingerprint density at radius 1 is 1.21 bits per heavy atom. The Morgan fingerprint density at radius 3 is 2.43 bits per heavy atom. The summed E-state index contributed by atoms with van der Waals surface area (Å²) in [5.41, 5.74) is 1.09. The predicted molar refractivity (Wildman–Crippen MR) is 122 cm³/mol. The van der Waals surface area contributed by atoms with E-state index in [1.54, 1.807) is 26.1 Å². The second-order valence-corrected chi connectivity index (χ2v) is 7.07. The van der Waals surface area contributed by atoms with Crippen molar-refractivity contribution in [1.82, 2.24) is 15.1 Å². The number of halogens is 1. The molecule has 1 saturated heterocycles. The summed E-state index contributed by atoms with van der Waals surface area (Å²) in [5, 5.41) is 3.21. The molecule has 1 aromatic carbocycles. The number of aliphatic imine (C=N–C) groups is 1. The lowest BCUT2D eigenvalue weighted by atomic mass is 10.00. The maximum Gasteiger partial charge on any atom is 0.241 e. The first-order valence-electron chi connectivity index (χ1n) is 9.40. The highest BCUT2D eigenvalue weighted by atomic mass is 127. The molecular formula is C20H33IN4O3. The van der Waals surface area contributed by atoms with Crippen LogP contribution in [0.15, 0.2) is 29.3 Å². The Hall–Kier alpha value is -1.55. The van der Waals surface area contributed by atoms with E-state index in [9.17, 15) is 4.79 Å². The topological polar surface area (TPSA) is 66.4 Å². The molecule has 1 N–H and O–H groups in total. The Balaban J connectivity index is 0.00000392. The van der Waals surface area contributed by atoms with E-state index in [-0.39, 0.29) is 36.4 Å². The van der Waals surface area contributed by atoms with Crippen LogP contribution in [0.25, 0.3) is 0 Å². The van der Waals surface area contributed by atoms with E-state index in [0.717, 1.165) is 49.9 Å². The second-order valence-electron chi connectivity index (χ2n) is 7.07. The Kier molecular flexibility index (Phi) is 11.2. The van der Waals surface area contributed by atoms with Gasteiger partial charge in [-0.15, -0.1) is 24.0 Å². The van der Waals surface area contributed by atoms with Gasteiger partial charge in [-0.3, -0.25) is 4.79 Å². The third-order valence-electron chi connectivity index (χ3n) is 4.70. The van der Waals surface area contributed by atoms with Crippen molar-refractivity contribution in [3.63, 3.8) is 0 Å². The molecule has 0 aliphatic carbocycles. The minimum atomic E-state index is 0. The molecule has 1 aliphatic heterocycles. The molecule has 0 spiro atoms. The molecule has 1 aromatic rings. The summed E-state index contributed by atoms with van der Waals surface area (Å²) in [4.78, 5) is 20.4. The first-order chi connectivity index (χ1) is 13.0. The molecule has 7 nitrogen and oxygen atoms in total. The molecular weight excluding hydrogens is 471 g/mol. The third-order valence-corrected chi connectivity index (χ3v) is 4.70. The number of amides is 1. The molecule has 0 unspecified atom stereocenters. The molecule has 8 heteroatoms. The van der Waals surface area contributed by atoms with Crippen molar-refractivity contribution in [1.29, 1.82) is 0 Å². The largest absolute Gasteiger partial charge is 0.497 e. The van der Waals surface area contributed by atoms with Crippen molar-refractivity contribution in [3.05, 3.63) is 29.8 Å². The van der Waals surface area contributed by atoms with Crippen LogP contribution in [0.4, 0.5) is 0 Å². The smallest absolute Gasteiger partial charge is 0.241 e. The second kappa shape index (κ2) is 12.8. The van der Waals surface area contributed by atoms with Crippen molar-refractivity contribution in [3.8, 4) is 5.75 Å². The molecule has 0 aromatic heterocycles. The van der Waals surface area contributed by atoms with Crippen LogP contribution in [0, 0.1) is 5.92 Å². The normalized spacial score (nSPS) is 14.8. The van der Waals surface area contributed by atoms with Gasteiger partial charge < -0.3 is 24.6 Å². The maximum atomic E-state index is 12.0. The van der Waals surface area contributed by atoms with Crippen LogP contribution in [-0.2, 0) is 16.1 Å². The lowest BCUT2D eigenvalue weighted by Crippen LogP contribution is -2.45. The van der Waals surface area contributed by atoms with Gasteiger partial charge in [-0.25, -0.2) is 4.99 Å². The number of methoxy groups -OCH3 is 1. The summed E-state index contributed by atoms with van der Waals surface area (Å²) in [5.74, 6) is 2.18. The molecule has 0 bridgehead atoms. The van der Waals surface area contributed by atoms with Gasteiger partial charge in [0, 0.05) is 40.9 Å². The number of hydrogen-bond donors (Lipinski definition) is 1. The SMILES string of the molecule is COc1ccc(CN=C(NCC(=O)N(C)C)N(C)CC2CCOCC2)cc1.I. The number of ether oxygens (including phenoxy) is 2. The number of nitrogens with zero attached hydrogens (tertiary/aromatic N) is 3. The zero-order valence-corrected chi connectivity index (χ0v) is 19.6. The zero-order chi connectivity index (χ0) is 19.6. The van der Waals surface area contributed by atoms with Gasteiger partial charge in [0.15, 0.2) is 5.96 Å². The van der Waals surface area contributed by atoms with E-state index in [4.69, 9.17) is 14.5 Å². The van der Waals surface area contributed by atoms with E-state index in [1.165, 1.54) is 0 Å². The van der Waals surface area contributed by atoms with Crippen molar-refractivity contribution in [2.45, 2.75) is 19.4 Å². The van der Waals surface area contributed by atoms with Gasteiger partial charge in [-0.2, -0.15) is 0 Å². The lowest BCUT2D eigenvalue weighted by Gasteiger charge is -2.29. The summed E-state index contributed by atoms with van der Waals surface area (Å²) in [6.45, 7) is 3.31. The number of nitrogens with one attached hydrogen (secondary N) is 1. The molecule has 158 valence electrons. The molecule has 1 fully saturated rings. The van der Waals surface area contributed by atoms with Gasteiger partial charge in [0.05, 0.1) is 20.2 Å². The quantitative estimate of drug-likeness (QED) is 0.351. The molecule has 0 radical (unpaired) electrons. The van der Waals surface area contributed by atoms with Crippen LogP contribution in [0.2, 0.25) is 0 Å². The fraction of sp³-hybridized carbons (Fsp3) is 0.600. The Morgan fingerprint density at radius 2 is 1.86 bits per heavy atom. The molecule has 1 heterocycles. The first-order valence-corrected chi connectivity index (χ1v) is 9.40. The highest BCUT2D eigenvalue weighted by Crippen LogP contribution is 2.16. The number of rotatable bonds is 7. The zero-order valence-electron chi connectivity index (χ0n) is 17.3. The summed E-state index contributed by atoms with van der Waals surface area (Å²) < 4.78 is 10.6. The fourth-order valence-electron chi connectivity index (χ4n) is 2.92. The van der Waals surface area contributed by atoms with Crippen LogP contribution in [0.1, 0.15) is 18.4 Å². The number of hydrogen-bond acceptors (Lipinski definition) is 4. The van der Waals surface area contributed by atoms with Crippen molar-refractivity contribution < 1.29 is 14.3 Å². The summed E-state index contributed by atoms with van der Waals surface area (Å²) >= 11 is 0. The van der Waals surface area contributed by atoms with E-state index in [1.807, 2.05) is 31.3 Å². The monoisotopic (exact) mass is 504 g/mol. The van der Waals surface area contributed by atoms with Crippen LogP contribution < -0.4 is 10.1 Å². The van der Waals surface area contributed by atoms with Crippen LogP contribution >= 0.6 is 24.0 Å². The van der Waals surface area contributed by atoms with Crippen LogP contribution in [0.3, 0.4) is 0 Å². The van der Waals surface area contributed by atoms with Gasteiger partial charge in [0.2, 0.25) is 5.91 Å². The average Bonchev–Trinajstić information content (AvgIpc) is 2.68. The Labute approximate surface area is 185 Å². The fourth-order valence-corrected chi connectivity index (χ4v) is 2.92. The van der Waals surface area contributed by atoms with Crippen molar-refractivity contribution in [2.75, 3.05) is 54.6 Å². The van der Waals surface area contributed by atoms with Gasteiger partial charge in [0.25, 0.3) is 0 Å². The molecule has 2 rings (SSSR count). The molecule has 28 heavy (non-hydrogen) atoms. The van der Waals surface area contributed by atoms with E-state index >= 15 is 0 Å². The van der Waals surface area contributed by atoms with E-state index < -0.39 is 0 Å². The molecule has 1 aliphatic rings. The van der Waals surface area contributed by atoms with Gasteiger partial charge in [-0.1, -0.05) is 12.1 Å². The number of carbonyl (C=O) groups excluding carboxylic acids is 1. The minimum absolute atomic E-state index is 0. The highest BCUT2D eigenvalue weighted by Gasteiger charge is 2.18.